The van der Waals surface area contributed by atoms with Crippen LogP contribution in [0.25, 0.3) is 0 Å². The fraction of sp³-hybridized carbons (Fsp3) is 1.00. The van der Waals surface area contributed by atoms with Gasteiger partial charge in [0.15, 0.2) is 0 Å². The van der Waals surface area contributed by atoms with E-state index in [2.05, 4.69) is 19.2 Å². The molecule has 0 bridgehead atoms. The molecule has 0 aromatic heterocycles. The maximum atomic E-state index is 5.41. The van der Waals surface area contributed by atoms with Crippen molar-refractivity contribution in [2.75, 3.05) is 13.6 Å². The Balaban J connectivity index is 3.29. The van der Waals surface area contributed by atoms with Gasteiger partial charge >= 0.3 is 0 Å². The molecule has 2 nitrogen and oxygen atoms in total. The van der Waals surface area contributed by atoms with E-state index in [1.165, 1.54) is 0 Å². The number of nitrogens with two attached hydrogens (primary N) is 1. The molecule has 0 aromatic carbocycles. The first-order valence-corrected chi connectivity index (χ1v) is 3.09. The first-order chi connectivity index (χ1) is 3.72. The third kappa shape index (κ3) is 2.28. The SMILES string of the molecule is CNC(C)C(C)CN. The molecule has 50 valence electrons. The van der Waals surface area contributed by atoms with Crippen LogP contribution in [0.5, 0.6) is 0 Å². The Bertz CT molecular complexity index is 46.5. The van der Waals surface area contributed by atoms with Gasteiger partial charge in [-0.05, 0) is 26.4 Å². The molecule has 8 heavy (non-hydrogen) atoms. The lowest BCUT2D eigenvalue weighted by Crippen LogP contribution is -2.33. The Labute approximate surface area is 51.5 Å². The summed E-state index contributed by atoms with van der Waals surface area (Å²) in [6.07, 6.45) is 0. The lowest BCUT2D eigenvalue weighted by atomic mass is 10.1. The standard InChI is InChI=1S/C6H16N2/c1-5(4-7)6(2)8-3/h5-6,8H,4,7H2,1-3H3. The lowest BCUT2D eigenvalue weighted by Gasteiger charge is -2.16. The van der Waals surface area contributed by atoms with E-state index in [-0.39, 0.29) is 0 Å². The van der Waals surface area contributed by atoms with Gasteiger partial charge in [-0.25, -0.2) is 0 Å². The van der Waals surface area contributed by atoms with E-state index < -0.39 is 0 Å². The Morgan fingerprint density at radius 3 is 2.12 bits per heavy atom. The summed E-state index contributed by atoms with van der Waals surface area (Å²) < 4.78 is 0. The molecule has 0 rings (SSSR count). The summed E-state index contributed by atoms with van der Waals surface area (Å²) in [6, 6.07) is 0.542. The fourth-order valence-electron chi connectivity index (χ4n) is 0.489. The van der Waals surface area contributed by atoms with Gasteiger partial charge in [0.25, 0.3) is 0 Å². The highest BCUT2D eigenvalue weighted by atomic mass is 14.9. The molecule has 3 N–H and O–H groups in total. The van der Waals surface area contributed by atoms with Crippen molar-refractivity contribution in [2.45, 2.75) is 19.9 Å². The molecular weight excluding hydrogens is 100 g/mol. The zero-order valence-corrected chi connectivity index (χ0v) is 5.94. The minimum atomic E-state index is 0.542. The van der Waals surface area contributed by atoms with Gasteiger partial charge in [-0.2, -0.15) is 0 Å². The van der Waals surface area contributed by atoms with Crippen LogP contribution in [0.15, 0.2) is 0 Å². The van der Waals surface area contributed by atoms with E-state index >= 15 is 0 Å². The summed E-state index contributed by atoms with van der Waals surface area (Å²) in [5.74, 6) is 0.583. The van der Waals surface area contributed by atoms with Crippen LogP contribution in [0.3, 0.4) is 0 Å². The quantitative estimate of drug-likeness (QED) is 0.552. The lowest BCUT2D eigenvalue weighted by molar-refractivity contribution is 0.435. The molecule has 0 radical (unpaired) electrons. The molecule has 0 aliphatic heterocycles. The summed E-state index contributed by atoms with van der Waals surface area (Å²) >= 11 is 0. The summed E-state index contributed by atoms with van der Waals surface area (Å²) in [5.41, 5.74) is 5.41. The van der Waals surface area contributed by atoms with Crippen molar-refractivity contribution >= 4 is 0 Å². The fourth-order valence-corrected chi connectivity index (χ4v) is 0.489. The Kier molecular flexibility index (Phi) is 3.83. The second kappa shape index (κ2) is 3.87. The van der Waals surface area contributed by atoms with Crippen LogP contribution in [0, 0.1) is 5.92 Å². The molecule has 2 atom stereocenters. The molecule has 0 aromatic rings. The molecule has 2 heteroatoms. The van der Waals surface area contributed by atoms with E-state index in [9.17, 15) is 0 Å². The van der Waals surface area contributed by atoms with Crippen LogP contribution >= 0.6 is 0 Å². The van der Waals surface area contributed by atoms with Crippen molar-refractivity contribution in [3.63, 3.8) is 0 Å². The van der Waals surface area contributed by atoms with Crippen LogP contribution in [0.4, 0.5) is 0 Å². The van der Waals surface area contributed by atoms with Gasteiger partial charge in [0.05, 0.1) is 0 Å². The highest BCUT2D eigenvalue weighted by Crippen LogP contribution is 1.96. The summed E-state index contributed by atoms with van der Waals surface area (Å²) in [5, 5.41) is 3.14. The Morgan fingerprint density at radius 1 is 1.50 bits per heavy atom. The zero-order valence-electron chi connectivity index (χ0n) is 5.94. The maximum absolute atomic E-state index is 5.41. The Hall–Kier alpha value is -0.0800. The third-order valence-corrected chi connectivity index (χ3v) is 1.68. The van der Waals surface area contributed by atoms with Gasteiger partial charge in [-0.1, -0.05) is 6.92 Å². The first-order valence-electron chi connectivity index (χ1n) is 3.09. The minimum Gasteiger partial charge on any atom is -0.330 e. The van der Waals surface area contributed by atoms with Crippen molar-refractivity contribution in [2.24, 2.45) is 11.7 Å². The zero-order chi connectivity index (χ0) is 6.57. The van der Waals surface area contributed by atoms with Crippen molar-refractivity contribution < 1.29 is 0 Å². The molecule has 0 saturated carbocycles. The maximum Gasteiger partial charge on any atom is 0.00733 e. The van der Waals surface area contributed by atoms with Crippen LogP contribution in [0.2, 0.25) is 0 Å². The van der Waals surface area contributed by atoms with Gasteiger partial charge in [-0.3, -0.25) is 0 Å². The van der Waals surface area contributed by atoms with Crippen molar-refractivity contribution in [1.29, 1.82) is 0 Å². The molecule has 0 spiro atoms. The molecule has 2 unspecified atom stereocenters. The molecule has 0 heterocycles. The molecule has 0 aliphatic carbocycles. The molecule has 0 amide bonds. The van der Waals surface area contributed by atoms with Crippen LogP contribution < -0.4 is 11.1 Å². The van der Waals surface area contributed by atoms with Gasteiger partial charge in [0.2, 0.25) is 0 Å². The van der Waals surface area contributed by atoms with Crippen LogP contribution in [0.1, 0.15) is 13.8 Å². The molecule has 0 fully saturated rings. The predicted octanol–water partition coefficient (Wildman–Crippen LogP) is 0.189. The number of nitrogens with one attached hydrogen (secondary N) is 1. The summed E-state index contributed by atoms with van der Waals surface area (Å²) in [4.78, 5) is 0. The minimum absolute atomic E-state index is 0.542. The summed E-state index contributed by atoms with van der Waals surface area (Å²) in [7, 11) is 1.96. The number of hydrogen-bond donors (Lipinski definition) is 2. The second-order valence-electron chi connectivity index (χ2n) is 2.29. The third-order valence-electron chi connectivity index (χ3n) is 1.68. The van der Waals surface area contributed by atoms with E-state index in [0.717, 1.165) is 6.54 Å². The van der Waals surface area contributed by atoms with Crippen LogP contribution in [-0.4, -0.2) is 19.6 Å². The summed E-state index contributed by atoms with van der Waals surface area (Å²) in [6.45, 7) is 5.04. The first kappa shape index (κ1) is 7.92. The molecule has 0 saturated heterocycles. The Morgan fingerprint density at radius 2 is 2.00 bits per heavy atom. The largest absolute Gasteiger partial charge is 0.330 e. The topological polar surface area (TPSA) is 38.0 Å². The average Bonchev–Trinajstić information content (AvgIpc) is 1.84. The molecule has 0 aliphatic rings. The normalized spacial score (nSPS) is 18.0. The van der Waals surface area contributed by atoms with Crippen LogP contribution in [-0.2, 0) is 0 Å². The van der Waals surface area contributed by atoms with Gasteiger partial charge in [-0.15, -0.1) is 0 Å². The predicted molar refractivity (Wildman–Crippen MR) is 36.7 cm³/mol. The van der Waals surface area contributed by atoms with Crippen molar-refractivity contribution in [3.8, 4) is 0 Å². The second-order valence-corrected chi connectivity index (χ2v) is 2.29. The van der Waals surface area contributed by atoms with Crippen molar-refractivity contribution in [1.82, 2.24) is 5.32 Å². The van der Waals surface area contributed by atoms with Gasteiger partial charge < -0.3 is 11.1 Å². The van der Waals surface area contributed by atoms with E-state index in [1.54, 1.807) is 0 Å². The van der Waals surface area contributed by atoms with E-state index in [0.29, 0.717) is 12.0 Å². The molecular formula is C6H16N2. The average molecular weight is 116 g/mol. The van der Waals surface area contributed by atoms with E-state index in [1.807, 2.05) is 7.05 Å². The number of hydrogen-bond acceptors (Lipinski definition) is 2. The smallest absolute Gasteiger partial charge is 0.00733 e. The van der Waals surface area contributed by atoms with Crippen molar-refractivity contribution in [3.05, 3.63) is 0 Å². The van der Waals surface area contributed by atoms with Gasteiger partial charge in [0.1, 0.15) is 0 Å². The van der Waals surface area contributed by atoms with E-state index in [4.69, 9.17) is 5.73 Å². The highest BCUT2D eigenvalue weighted by molar-refractivity contribution is 4.65. The monoisotopic (exact) mass is 116 g/mol. The highest BCUT2D eigenvalue weighted by Gasteiger charge is 2.05. The van der Waals surface area contributed by atoms with Gasteiger partial charge in [0, 0.05) is 6.04 Å². The number of rotatable bonds is 3.